The molecule has 0 amide bonds. The molecule has 1 fully saturated rings. The number of methoxy groups -OCH3 is 1. The molecule has 2 rings (SSSR count). The molecule has 1 aliphatic heterocycles. The molecule has 2 atom stereocenters. The molecule has 18 heavy (non-hydrogen) atoms. The van der Waals surface area contributed by atoms with Crippen LogP contribution in [0.2, 0.25) is 0 Å². The van der Waals surface area contributed by atoms with E-state index in [0.717, 1.165) is 30.4 Å². The molecule has 0 radical (unpaired) electrons. The van der Waals surface area contributed by atoms with Crippen LogP contribution in [0.1, 0.15) is 18.4 Å². The van der Waals surface area contributed by atoms with Crippen LogP contribution >= 0.6 is 15.9 Å². The Morgan fingerprint density at radius 1 is 1.39 bits per heavy atom. The normalized spacial score (nSPS) is 25.3. The molecule has 3 nitrogen and oxygen atoms in total. The first kappa shape index (κ1) is 14.0. The number of piperidine rings is 1. The standard InChI is InChI=1S/C14H21BrN2O/c1-18-14-6-7-17(13(8-14)9-16)10-11-2-4-12(15)5-3-11/h2-5,13-14H,6-10,16H2,1H3. The summed E-state index contributed by atoms with van der Waals surface area (Å²) >= 11 is 3.46. The van der Waals surface area contributed by atoms with E-state index in [4.69, 9.17) is 10.5 Å². The molecule has 0 aromatic heterocycles. The summed E-state index contributed by atoms with van der Waals surface area (Å²) in [7, 11) is 1.79. The van der Waals surface area contributed by atoms with Gasteiger partial charge in [0, 0.05) is 37.3 Å². The van der Waals surface area contributed by atoms with Crippen LogP contribution in [0, 0.1) is 0 Å². The zero-order chi connectivity index (χ0) is 13.0. The van der Waals surface area contributed by atoms with Crippen LogP contribution in [-0.2, 0) is 11.3 Å². The second-order valence-electron chi connectivity index (χ2n) is 4.87. The van der Waals surface area contributed by atoms with E-state index in [0.29, 0.717) is 18.7 Å². The molecule has 4 heteroatoms. The smallest absolute Gasteiger partial charge is 0.0599 e. The highest BCUT2D eigenvalue weighted by Gasteiger charge is 2.27. The van der Waals surface area contributed by atoms with Gasteiger partial charge in [-0.15, -0.1) is 0 Å². The quantitative estimate of drug-likeness (QED) is 0.927. The zero-order valence-corrected chi connectivity index (χ0v) is 12.4. The van der Waals surface area contributed by atoms with Crippen LogP contribution in [-0.4, -0.2) is 37.2 Å². The predicted octanol–water partition coefficient (Wildman–Crippen LogP) is 2.39. The minimum absolute atomic E-state index is 0.375. The van der Waals surface area contributed by atoms with Gasteiger partial charge >= 0.3 is 0 Å². The second-order valence-corrected chi connectivity index (χ2v) is 5.78. The van der Waals surface area contributed by atoms with Crippen LogP contribution in [0.4, 0.5) is 0 Å². The molecule has 1 aromatic rings. The summed E-state index contributed by atoms with van der Waals surface area (Å²) in [6.07, 6.45) is 2.52. The van der Waals surface area contributed by atoms with Crippen LogP contribution in [0.25, 0.3) is 0 Å². The van der Waals surface area contributed by atoms with Crippen molar-refractivity contribution in [2.45, 2.75) is 31.5 Å². The van der Waals surface area contributed by atoms with Crippen molar-refractivity contribution < 1.29 is 4.74 Å². The zero-order valence-electron chi connectivity index (χ0n) is 10.8. The number of benzene rings is 1. The van der Waals surface area contributed by atoms with Crippen LogP contribution in [0.5, 0.6) is 0 Å². The second kappa shape index (κ2) is 6.66. The van der Waals surface area contributed by atoms with Gasteiger partial charge in [0.2, 0.25) is 0 Å². The summed E-state index contributed by atoms with van der Waals surface area (Å²) in [5.74, 6) is 0. The Balaban J connectivity index is 1.97. The number of nitrogens with two attached hydrogens (primary N) is 1. The van der Waals surface area contributed by atoms with Crippen molar-refractivity contribution in [3.05, 3.63) is 34.3 Å². The van der Waals surface area contributed by atoms with Crippen LogP contribution < -0.4 is 5.73 Å². The lowest BCUT2D eigenvalue weighted by molar-refractivity contribution is 0.0102. The van der Waals surface area contributed by atoms with Gasteiger partial charge in [-0.3, -0.25) is 4.90 Å². The summed E-state index contributed by atoms with van der Waals surface area (Å²) in [6, 6.07) is 8.95. The molecule has 1 heterocycles. The number of hydrogen-bond donors (Lipinski definition) is 1. The number of nitrogens with zero attached hydrogens (tertiary/aromatic N) is 1. The monoisotopic (exact) mass is 312 g/mol. The Hall–Kier alpha value is -0.420. The molecule has 0 aliphatic carbocycles. The number of rotatable bonds is 4. The molecule has 2 unspecified atom stereocenters. The number of hydrogen-bond acceptors (Lipinski definition) is 3. The minimum atomic E-state index is 0.375. The molecular weight excluding hydrogens is 292 g/mol. The minimum Gasteiger partial charge on any atom is -0.381 e. The van der Waals surface area contributed by atoms with Gasteiger partial charge in [-0.05, 0) is 30.5 Å². The summed E-state index contributed by atoms with van der Waals surface area (Å²) in [5, 5.41) is 0. The van der Waals surface area contributed by atoms with E-state index in [1.54, 1.807) is 7.11 Å². The van der Waals surface area contributed by atoms with E-state index in [-0.39, 0.29) is 0 Å². The number of likely N-dealkylation sites (tertiary alicyclic amines) is 1. The average molecular weight is 313 g/mol. The molecule has 2 N–H and O–H groups in total. The van der Waals surface area contributed by atoms with E-state index < -0.39 is 0 Å². The van der Waals surface area contributed by atoms with E-state index in [9.17, 15) is 0 Å². The molecule has 1 saturated heterocycles. The predicted molar refractivity (Wildman–Crippen MR) is 77.4 cm³/mol. The van der Waals surface area contributed by atoms with Crippen molar-refractivity contribution in [3.63, 3.8) is 0 Å². The van der Waals surface area contributed by atoms with Gasteiger partial charge in [-0.1, -0.05) is 28.1 Å². The average Bonchev–Trinajstić information content (AvgIpc) is 2.41. The summed E-state index contributed by atoms with van der Waals surface area (Å²) < 4.78 is 6.57. The molecular formula is C14H21BrN2O. The Morgan fingerprint density at radius 3 is 2.72 bits per heavy atom. The topological polar surface area (TPSA) is 38.5 Å². The first-order valence-electron chi connectivity index (χ1n) is 6.44. The van der Waals surface area contributed by atoms with E-state index in [1.165, 1.54) is 5.56 Å². The summed E-state index contributed by atoms with van der Waals surface area (Å²) in [5.41, 5.74) is 7.22. The highest BCUT2D eigenvalue weighted by molar-refractivity contribution is 9.10. The highest BCUT2D eigenvalue weighted by Crippen LogP contribution is 2.21. The highest BCUT2D eigenvalue weighted by atomic mass is 79.9. The van der Waals surface area contributed by atoms with Gasteiger partial charge in [0.25, 0.3) is 0 Å². The third kappa shape index (κ3) is 3.54. The molecule has 1 aliphatic rings. The molecule has 0 spiro atoms. The van der Waals surface area contributed by atoms with Crippen molar-refractivity contribution in [2.75, 3.05) is 20.2 Å². The third-order valence-corrected chi connectivity index (χ3v) is 4.22. The van der Waals surface area contributed by atoms with E-state index in [2.05, 4.69) is 45.1 Å². The number of halogens is 1. The first-order chi connectivity index (χ1) is 8.72. The lowest BCUT2D eigenvalue weighted by atomic mass is 9.98. The Labute approximate surface area is 117 Å². The van der Waals surface area contributed by atoms with Crippen LogP contribution in [0.15, 0.2) is 28.7 Å². The molecule has 0 saturated carbocycles. The van der Waals surface area contributed by atoms with Gasteiger partial charge in [-0.25, -0.2) is 0 Å². The lowest BCUT2D eigenvalue weighted by Gasteiger charge is -2.38. The van der Waals surface area contributed by atoms with Gasteiger partial charge in [0.1, 0.15) is 0 Å². The summed E-state index contributed by atoms with van der Waals surface area (Å²) in [4.78, 5) is 2.47. The van der Waals surface area contributed by atoms with Gasteiger partial charge < -0.3 is 10.5 Å². The lowest BCUT2D eigenvalue weighted by Crippen LogP contribution is -2.47. The maximum Gasteiger partial charge on any atom is 0.0599 e. The third-order valence-electron chi connectivity index (χ3n) is 3.69. The Kier molecular flexibility index (Phi) is 5.18. The van der Waals surface area contributed by atoms with E-state index >= 15 is 0 Å². The Morgan fingerprint density at radius 2 is 2.11 bits per heavy atom. The van der Waals surface area contributed by atoms with Gasteiger partial charge in [0.05, 0.1) is 6.10 Å². The Bertz CT molecular complexity index is 369. The van der Waals surface area contributed by atoms with Crippen LogP contribution in [0.3, 0.4) is 0 Å². The summed E-state index contributed by atoms with van der Waals surface area (Å²) in [6.45, 7) is 2.75. The van der Waals surface area contributed by atoms with Crippen molar-refractivity contribution in [2.24, 2.45) is 5.73 Å². The fraction of sp³-hybridized carbons (Fsp3) is 0.571. The molecule has 1 aromatic carbocycles. The van der Waals surface area contributed by atoms with Gasteiger partial charge in [-0.2, -0.15) is 0 Å². The SMILES string of the molecule is COC1CCN(Cc2ccc(Br)cc2)C(CN)C1. The van der Waals surface area contributed by atoms with Crippen molar-refractivity contribution in [1.29, 1.82) is 0 Å². The van der Waals surface area contributed by atoms with Crippen molar-refractivity contribution in [1.82, 2.24) is 4.90 Å². The molecule has 0 bridgehead atoms. The maximum atomic E-state index is 5.88. The van der Waals surface area contributed by atoms with Gasteiger partial charge in [0.15, 0.2) is 0 Å². The molecule has 100 valence electrons. The number of ether oxygens (including phenoxy) is 1. The van der Waals surface area contributed by atoms with Crippen molar-refractivity contribution >= 4 is 15.9 Å². The first-order valence-corrected chi connectivity index (χ1v) is 7.23. The maximum absolute atomic E-state index is 5.88. The largest absolute Gasteiger partial charge is 0.381 e. The fourth-order valence-corrected chi connectivity index (χ4v) is 2.82. The fourth-order valence-electron chi connectivity index (χ4n) is 2.55. The van der Waals surface area contributed by atoms with Crippen molar-refractivity contribution in [3.8, 4) is 0 Å². The van der Waals surface area contributed by atoms with E-state index in [1.807, 2.05) is 0 Å².